The van der Waals surface area contributed by atoms with Crippen molar-refractivity contribution >= 4 is 11.8 Å². The van der Waals surface area contributed by atoms with E-state index < -0.39 is 24.3 Å². The number of hydrogen-bond acceptors (Lipinski definition) is 3. The Kier molecular flexibility index (Phi) is 11.9. The minimum absolute atomic E-state index is 0.0838. The Balaban J connectivity index is 3.36. The van der Waals surface area contributed by atoms with Crippen molar-refractivity contribution in [2.75, 3.05) is 6.61 Å². The van der Waals surface area contributed by atoms with Crippen molar-refractivity contribution in [2.24, 2.45) is 0 Å². The van der Waals surface area contributed by atoms with Gasteiger partial charge in [-0.15, -0.1) is 0 Å². The van der Waals surface area contributed by atoms with E-state index in [4.69, 9.17) is 0 Å². The maximum atomic E-state index is 11.9. The van der Waals surface area contributed by atoms with E-state index in [9.17, 15) is 22.8 Å². The largest absolute Gasteiger partial charge is 0.465 e. The summed E-state index contributed by atoms with van der Waals surface area (Å²) in [6, 6.07) is 0. The number of esters is 1. The van der Waals surface area contributed by atoms with Gasteiger partial charge in [-0.2, -0.15) is 13.2 Å². The van der Waals surface area contributed by atoms with E-state index in [0.29, 0.717) is 6.42 Å². The van der Waals surface area contributed by atoms with Gasteiger partial charge in [0.15, 0.2) is 0 Å². The van der Waals surface area contributed by atoms with Crippen molar-refractivity contribution < 1.29 is 27.5 Å². The monoisotopic (exact) mass is 324 g/mol. The van der Waals surface area contributed by atoms with Gasteiger partial charge in [0.05, 0.1) is 6.61 Å². The lowest BCUT2D eigenvalue weighted by Gasteiger charge is -2.06. The molecule has 0 aliphatic heterocycles. The van der Waals surface area contributed by atoms with Gasteiger partial charge in [0.25, 0.3) is 0 Å². The van der Waals surface area contributed by atoms with Crippen molar-refractivity contribution in [2.45, 2.75) is 83.7 Å². The van der Waals surface area contributed by atoms with E-state index in [1.54, 1.807) is 0 Å². The molecular formula is C16H27F3O3. The molecule has 0 aromatic rings. The molecule has 0 spiro atoms. The Morgan fingerprint density at radius 1 is 0.818 bits per heavy atom. The zero-order valence-electron chi connectivity index (χ0n) is 13.3. The van der Waals surface area contributed by atoms with Crippen molar-refractivity contribution in [1.29, 1.82) is 0 Å². The fourth-order valence-electron chi connectivity index (χ4n) is 2.06. The van der Waals surface area contributed by atoms with Gasteiger partial charge in [0, 0.05) is 0 Å². The predicted octanol–water partition coefficient (Wildman–Crippen LogP) is 4.97. The SMILES string of the molecule is CCCCCCCCCCCCOC(=O)CC(=O)C(F)(F)F. The predicted molar refractivity (Wildman–Crippen MR) is 78.5 cm³/mol. The van der Waals surface area contributed by atoms with Crippen LogP contribution in [0.4, 0.5) is 13.2 Å². The molecule has 0 bridgehead atoms. The Bertz CT molecular complexity index is 314. The topological polar surface area (TPSA) is 43.4 Å². The molecule has 0 unspecified atom stereocenters. The van der Waals surface area contributed by atoms with Crippen LogP contribution in [0.5, 0.6) is 0 Å². The van der Waals surface area contributed by atoms with Crippen LogP contribution in [0.25, 0.3) is 0 Å². The molecule has 0 aromatic carbocycles. The molecule has 3 nitrogen and oxygen atoms in total. The van der Waals surface area contributed by atoms with E-state index in [2.05, 4.69) is 11.7 Å². The summed E-state index contributed by atoms with van der Waals surface area (Å²) in [5.41, 5.74) is 0. The minimum Gasteiger partial charge on any atom is -0.465 e. The second-order valence-electron chi connectivity index (χ2n) is 5.50. The first-order valence-electron chi connectivity index (χ1n) is 8.13. The highest BCUT2D eigenvalue weighted by Crippen LogP contribution is 2.18. The summed E-state index contributed by atoms with van der Waals surface area (Å²) in [7, 11) is 0. The number of halogens is 3. The van der Waals surface area contributed by atoms with Gasteiger partial charge in [-0.1, -0.05) is 64.7 Å². The van der Waals surface area contributed by atoms with Gasteiger partial charge in [-0.3, -0.25) is 9.59 Å². The molecule has 0 N–H and O–H groups in total. The van der Waals surface area contributed by atoms with Crippen LogP contribution in [0.3, 0.4) is 0 Å². The molecule has 0 rings (SSSR count). The summed E-state index contributed by atoms with van der Waals surface area (Å²) >= 11 is 0. The molecule has 0 atom stereocenters. The summed E-state index contributed by atoms with van der Waals surface area (Å²) < 4.78 is 40.4. The number of ether oxygens (including phenoxy) is 1. The molecule has 0 saturated heterocycles. The molecule has 0 fully saturated rings. The minimum atomic E-state index is -4.96. The molecule has 0 saturated carbocycles. The zero-order valence-corrected chi connectivity index (χ0v) is 13.3. The first kappa shape index (κ1) is 20.9. The van der Waals surface area contributed by atoms with Gasteiger partial charge < -0.3 is 4.74 Å². The van der Waals surface area contributed by atoms with Crippen molar-refractivity contribution in [3.63, 3.8) is 0 Å². The van der Waals surface area contributed by atoms with Gasteiger partial charge in [-0.05, 0) is 6.42 Å². The first-order valence-corrected chi connectivity index (χ1v) is 8.13. The summed E-state index contributed by atoms with van der Waals surface area (Å²) in [4.78, 5) is 21.6. The maximum absolute atomic E-state index is 11.9. The quantitative estimate of drug-likeness (QED) is 0.273. The second-order valence-corrected chi connectivity index (χ2v) is 5.50. The molecule has 0 radical (unpaired) electrons. The van der Waals surface area contributed by atoms with Crippen LogP contribution in [0, 0.1) is 0 Å². The fourth-order valence-corrected chi connectivity index (χ4v) is 2.06. The normalized spacial score (nSPS) is 11.5. The molecule has 0 amide bonds. The highest BCUT2D eigenvalue weighted by Gasteiger charge is 2.39. The molecule has 0 aliphatic rings. The molecule has 130 valence electrons. The van der Waals surface area contributed by atoms with Gasteiger partial charge >= 0.3 is 12.1 Å². The highest BCUT2D eigenvalue weighted by molar-refractivity contribution is 5.98. The van der Waals surface area contributed by atoms with Crippen molar-refractivity contribution in [3.8, 4) is 0 Å². The molecular weight excluding hydrogens is 297 g/mol. The number of unbranched alkanes of at least 4 members (excludes halogenated alkanes) is 9. The smallest absolute Gasteiger partial charge is 0.450 e. The number of alkyl halides is 3. The highest BCUT2D eigenvalue weighted by atomic mass is 19.4. The third-order valence-corrected chi connectivity index (χ3v) is 3.38. The van der Waals surface area contributed by atoms with Crippen LogP contribution in [0.15, 0.2) is 0 Å². The molecule has 0 aromatic heterocycles. The fraction of sp³-hybridized carbons (Fsp3) is 0.875. The van der Waals surface area contributed by atoms with E-state index in [-0.39, 0.29) is 6.61 Å². The van der Waals surface area contributed by atoms with Gasteiger partial charge in [-0.25, -0.2) is 0 Å². The van der Waals surface area contributed by atoms with Crippen LogP contribution in [0.1, 0.15) is 77.6 Å². The number of rotatable bonds is 13. The number of Topliss-reactive ketones (excluding diaryl/α,β-unsaturated/α-hetero) is 1. The van der Waals surface area contributed by atoms with Crippen LogP contribution in [0.2, 0.25) is 0 Å². The van der Waals surface area contributed by atoms with E-state index in [0.717, 1.165) is 19.3 Å². The van der Waals surface area contributed by atoms with Gasteiger partial charge in [0.1, 0.15) is 6.42 Å². The average molecular weight is 324 g/mol. The van der Waals surface area contributed by atoms with Crippen LogP contribution >= 0.6 is 0 Å². The van der Waals surface area contributed by atoms with E-state index >= 15 is 0 Å². The first-order chi connectivity index (χ1) is 10.4. The third kappa shape index (κ3) is 12.7. The maximum Gasteiger partial charge on any atom is 0.450 e. The Morgan fingerprint density at radius 2 is 1.27 bits per heavy atom. The van der Waals surface area contributed by atoms with Gasteiger partial charge in [0.2, 0.25) is 5.78 Å². The number of carbonyl (C=O) groups is 2. The third-order valence-electron chi connectivity index (χ3n) is 3.38. The summed E-state index contributed by atoms with van der Waals surface area (Å²) in [5.74, 6) is -3.15. The van der Waals surface area contributed by atoms with E-state index in [1.807, 2.05) is 0 Å². The number of hydrogen-bond donors (Lipinski definition) is 0. The molecule has 0 heterocycles. The number of carbonyl (C=O) groups excluding carboxylic acids is 2. The molecule has 0 aliphatic carbocycles. The standard InChI is InChI=1S/C16H27F3O3/c1-2-3-4-5-6-7-8-9-10-11-12-22-15(21)13-14(20)16(17,18)19/h2-13H2,1H3. The van der Waals surface area contributed by atoms with Crippen LogP contribution in [-0.4, -0.2) is 24.5 Å². The molecule has 6 heteroatoms. The van der Waals surface area contributed by atoms with Crippen LogP contribution < -0.4 is 0 Å². The van der Waals surface area contributed by atoms with Crippen molar-refractivity contribution in [1.82, 2.24) is 0 Å². The summed E-state index contributed by atoms with van der Waals surface area (Å²) in [6.07, 6.45) is 5.05. The Morgan fingerprint density at radius 3 is 1.73 bits per heavy atom. The lowest BCUT2D eigenvalue weighted by molar-refractivity contribution is -0.174. The zero-order chi connectivity index (χ0) is 16.8. The van der Waals surface area contributed by atoms with E-state index in [1.165, 1.54) is 38.5 Å². The van der Waals surface area contributed by atoms with Crippen LogP contribution in [-0.2, 0) is 14.3 Å². The lowest BCUT2D eigenvalue weighted by Crippen LogP contribution is -2.26. The van der Waals surface area contributed by atoms with Crippen molar-refractivity contribution in [3.05, 3.63) is 0 Å². The number of ketones is 1. The summed E-state index contributed by atoms with van der Waals surface area (Å²) in [5, 5.41) is 0. The Labute approximate surface area is 130 Å². The second kappa shape index (κ2) is 12.5. The lowest BCUT2D eigenvalue weighted by atomic mass is 10.1. The Hall–Kier alpha value is -1.07. The molecule has 22 heavy (non-hydrogen) atoms. The summed E-state index contributed by atoms with van der Waals surface area (Å²) in [6.45, 7) is 2.27. The average Bonchev–Trinajstić information content (AvgIpc) is 2.43.